The number of benzene rings is 3. The Kier molecular flexibility index (Phi) is 7.86. The molecule has 0 saturated carbocycles. The largest absolute Gasteiger partial charge is 0.493 e. The summed E-state index contributed by atoms with van der Waals surface area (Å²) in [5, 5.41) is 10.6. The Bertz CT molecular complexity index is 1550. The van der Waals surface area contributed by atoms with Gasteiger partial charge in [-0.15, -0.1) is 10.2 Å². The van der Waals surface area contributed by atoms with Crippen LogP contribution in [0, 0.1) is 0 Å². The van der Waals surface area contributed by atoms with Gasteiger partial charge in [0.05, 0.1) is 23.4 Å². The number of nitrogens with zero attached hydrogens (tertiary/aromatic N) is 2. The van der Waals surface area contributed by atoms with Gasteiger partial charge in [0.15, 0.2) is 17.2 Å². The van der Waals surface area contributed by atoms with E-state index in [0.717, 1.165) is 0 Å². The maximum atomic E-state index is 13.0. The molecule has 186 valence electrons. The third kappa shape index (κ3) is 6.00. The molecule has 1 amide bonds. The predicted molar refractivity (Wildman–Crippen MR) is 140 cm³/mol. The maximum absolute atomic E-state index is 13.0. The molecule has 1 aromatic heterocycles. The third-order valence-corrected chi connectivity index (χ3v) is 7.86. The third-order valence-electron chi connectivity index (χ3n) is 4.51. The number of nitrogens with one attached hydrogen (secondary N) is 2. The van der Waals surface area contributed by atoms with Crippen molar-refractivity contribution in [2.24, 2.45) is 0 Å². The molecule has 0 aliphatic heterocycles. The van der Waals surface area contributed by atoms with Crippen molar-refractivity contribution in [2.75, 3.05) is 17.1 Å². The van der Waals surface area contributed by atoms with Gasteiger partial charge in [-0.25, -0.2) is 0 Å². The summed E-state index contributed by atoms with van der Waals surface area (Å²) < 4.78 is 39.2. The van der Waals surface area contributed by atoms with Crippen molar-refractivity contribution in [1.29, 1.82) is 0 Å². The van der Waals surface area contributed by atoms with E-state index < -0.39 is 20.3 Å². The number of carbonyl (C=O) groups is 1. The molecule has 0 fully saturated rings. The SMILES string of the molecule is COc1ccccc1Oc1ccc(Cl)cc1NS(=O)(=O)c1nnc(NC(=O)c2ccc(Cl)cc2Cl)s1. The summed E-state index contributed by atoms with van der Waals surface area (Å²) in [7, 11) is -2.74. The second-order valence-corrected chi connectivity index (χ2v) is 11.1. The van der Waals surface area contributed by atoms with Gasteiger partial charge in [0.1, 0.15) is 0 Å². The van der Waals surface area contributed by atoms with E-state index >= 15 is 0 Å². The first-order valence-electron chi connectivity index (χ1n) is 9.89. The first-order chi connectivity index (χ1) is 17.2. The Labute approximate surface area is 225 Å². The highest BCUT2D eigenvalue weighted by atomic mass is 35.5. The lowest BCUT2D eigenvalue weighted by Gasteiger charge is -2.14. The molecule has 4 aromatic rings. The lowest BCUT2D eigenvalue weighted by Crippen LogP contribution is -2.13. The molecule has 9 nitrogen and oxygen atoms in total. The Morgan fingerprint density at radius 3 is 2.33 bits per heavy atom. The number of hydrogen-bond donors (Lipinski definition) is 2. The quantitative estimate of drug-likeness (QED) is 0.231. The molecule has 0 aliphatic carbocycles. The monoisotopic (exact) mass is 584 g/mol. The molecule has 1 heterocycles. The van der Waals surface area contributed by atoms with E-state index in [0.29, 0.717) is 27.9 Å². The van der Waals surface area contributed by atoms with E-state index in [4.69, 9.17) is 44.3 Å². The fourth-order valence-electron chi connectivity index (χ4n) is 2.89. The van der Waals surface area contributed by atoms with Crippen molar-refractivity contribution in [3.05, 3.63) is 81.3 Å². The van der Waals surface area contributed by atoms with Crippen LogP contribution in [-0.4, -0.2) is 31.6 Å². The number of hydrogen-bond acceptors (Lipinski definition) is 8. The number of aromatic nitrogens is 2. The van der Waals surface area contributed by atoms with Crippen LogP contribution in [0.15, 0.2) is 65.0 Å². The summed E-state index contributed by atoms with van der Waals surface area (Å²) in [6, 6.07) is 15.7. The lowest BCUT2D eigenvalue weighted by atomic mass is 10.2. The molecule has 3 aromatic carbocycles. The standard InChI is InChI=1S/C22H15Cl3N4O5S2/c1-33-18-4-2-3-5-19(18)34-17-9-7-13(24)11-16(17)29-36(31,32)22-28-27-21(35-22)26-20(30)14-8-6-12(23)10-15(14)25/h2-11,29H,1H3,(H,26,27,30). The molecule has 2 N–H and O–H groups in total. The van der Waals surface area contributed by atoms with E-state index in [-0.39, 0.29) is 32.2 Å². The van der Waals surface area contributed by atoms with Gasteiger partial charge in [0, 0.05) is 10.0 Å². The van der Waals surface area contributed by atoms with Gasteiger partial charge in [-0.1, -0.05) is 58.3 Å². The molecule has 14 heteroatoms. The fraction of sp³-hybridized carbons (Fsp3) is 0.0455. The molecule has 0 aliphatic rings. The average Bonchev–Trinajstić information content (AvgIpc) is 3.30. The topological polar surface area (TPSA) is 120 Å². The van der Waals surface area contributed by atoms with E-state index in [1.165, 1.54) is 37.4 Å². The van der Waals surface area contributed by atoms with E-state index in [9.17, 15) is 13.2 Å². The second kappa shape index (κ2) is 10.9. The van der Waals surface area contributed by atoms with Gasteiger partial charge in [0.25, 0.3) is 20.3 Å². The number of halogens is 3. The number of anilines is 2. The minimum absolute atomic E-state index is 0.0528. The first kappa shape index (κ1) is 26.0. The van der Waals surface area contributed by atoms with E-state index in [1.807, 2.05) is 0 Å². The van der Waals surface area contributed by atoms with Crippen LogP contribution < -0.4 is 19.5 Å². The molecule has 36 heavy (non-hydrogen) atoms. The summed E-state index contributed by atoms with van der Waals surface area (Å²) in [4.78, 5) is 12.5. The molecule has 0 unspecified atom stereocenters. The van der Waals surface area contributed by atoms with Crippen LogP contribution in [0.5, 0.6) is 17.2 Å². The van der Waals surface area contributed by atoms with Gasteiger partial charge in [-0.3, -0.25) is 14.8 Å². The molecular formula is C22H15Cl3N4O5S2. The van der Waals surface area contributed by atoms with Crippen LogP contribution in [0.4, 0.5) is 10.8 Å². The highest BCUT2D eigenvalue weighted by molar-refractivity contribution is 7.94. The Balaban J connectivity index is 1.55. The molecule has 4 rings (SSSR count). The van der Waals surface area contributed by atoms with Crippen molar-refractivity contribution in [3.63, 3.8) is 0 Å². The minimum atomic E-state index is -4.22. The fourth-order valence-corrected chi connectivity index (χ4v) is 5.51. The second-order valence-electron chi connectivity index (χ2n) is 6.95. The Hall–Kier alpha value is -3.09. The number of methoxy groups -OCH3 is 1. The minimum Gasteiger partial charge on any atom is -0.493 e. The Morgan fingerprint density at radius 2 is 1.61 bits per heavy atom. The highest BCUT2D eigenvalue weighted by Gasteiger charge is 2.24. The van der Waals surface area contributed by atoms with Crippen molar-refractivity contribution >= 4 is 72.9 Å². The molecule has 0 saturated heterocycles. The van der Waals surface area contributed by atoms with Gasteiger partial charge >= 0.3 is 0 Å². The van der Waals surface area contributed by atoms with Crippen LogP contribution >= 0.6 is 46.1 Å². The van der Waals surface area contributed by atoms with Crippen molar-refractivity contribution in [3.8, 4) is 17.2 Å². The Morgan fingerprint density at radius 1 is 0.917 bits per heavy atom. The van der Waals surface area contributed by atoms with Gasteiger partial charge in [-0.05, 0) is 48.5 Å². The van der Waals surface area contributed by atoms with Crippen LogP contribution in [0.1, 0.15) is 10.4 Å². The number of rotatable bonds is 8. The van der Waals surface area contributed by atoms with Crippen molar-refractivity contribution in [1.82, 2.24) is 10.2 Å². The number of ether oxygens (including phenoxy) is 2. The zero-order valence-corrected chi connectivity index (χ0v) is 22.1. The lowest BCUT2D eigenvalue weighted by molar-refractivity contribution is 0.102. The molecule has 0 radical (unpaired) electrons. The summed E-state index contributed by atoms with van der Waals surface area (Å²) >= 11 is 18.6. The summed E-state index contributed by atoms with van der Waals surface area (Å²) in [5.41, 5.74) is 0.193. The van der Waals surface area contributed by atoms with Crippen molar-refractivity contribution < 1.29 is 22.7 Å². The van der Waals surface area contributed by atoms with Crippen LogP contribution in [0.2, 0.25) is 15.1 Å². The number of carbonyl (C=O) groups excluding carboxylic acids is 1. The van der Waals surface area contributed by atoms with Crippen LogP contribution in [-0.2, 0) is 10.0 Å². The number of sulfonamides is 1. The zero-order valence-electron chi connectivity index (χ0n) is 18.2. The van der Waals surface area contributed by atoms with Crippen LogP contribution in [0.25, 0.3) is 0 Å². The molecule has 0 bridgehead atoms. The molecule has 0 spiro atoms. The van der Waals surface area contributed by atoms with Crippen molar-refractivity contribution in [2.45, 2.75) is 4.34 Å². The molecule has 0 atom stereocenters. The summed E-state index contributed by atoms with van der Waals surface area (Å²) in [5.74, 6) is 0.381. The average molecular weight is 586 g/mol. The van der Waals surface area contributed by atoms with Gasteiger partial charge < -0.3 is 9.47 Å². The van der Waals surface area contributed by atoms with Gasteiger partial charge in [-0.2, -0.15) is 8.42 Å². The van der Waals surface area contributed by atoms with E-state index in [2.05, 4.69) is 20.2 Å². The number of amides is 1. The predicted octanol–water partition coefficient (Wildman–Crippen LogP) is 6.35. The number of para-hydroxylation sites is 2. The normalized spacial score (nSPS) is 11.1. The smallest absolute Gasteiger partial charge is 0.291 e. The highest BCUT2D eigenvalue weighted by Crippen LogP contribution is 2.37. The zero-order chi connectivity index (χ0) is 25.9. The maximum Gasteiger partial charge on any atom is 0.291 e. The first-order valence-corrected chi connectivity index (χ1v) is 13.3. The molecular weight excluding hydrogens is 571 g/mol. The van der Waals surface area contributed by atoms with Gasteiger partial charge in [0.2, 0.25) is 5.13 Å². The van der Waals surface area contributed by atoms with E-state index in [1.54, 1.807) is 30.3 Å². The summed E-state index contributed by atoms with van der Waals surface area (Å²) in [6.45, 7) is 0. The van der Waals surface area contributed by atoms with Crippen LogP contribution in [0.3, 0.4) is 0 Å². The summed E-state index contributed by atoms with van der Waals surface area (Å²) in [6.07, 6.45) is 0.